The zero-order chi connectivity index (χ0) is 35.6. The number of ether oxygens (including phenoxy) is 3. The van der Waals surface area contributed by atoms with Crippen molar-refractivity contribution in [2.24, 2.45) is 5.73 Å². The maximum Gasteiger partial charge on any atom is 0.338 e. The first-order chi connectivity index (χ1) is 22.5. The average Bonchev–Trinajstić information content (AvgIpc) is 3.08. The van der Waals surface area contributed by atoms with Crippen molar-refractivity contribution >= 4 is 35.3 Å². The highest BCUT2D eigenvalue weighted by Crippen LogP contribution is 2.41. The van der Waals surface area contributed by atoms with Crippen LogP contribution in [0, 0.1) is 20.8 Å². The molecule has 1 atom stereocenters. The van der Waals surface area contributed by atoms with Crippen LogP contribution in [0.2, 0.25) is 0 Å². The molecule has 0 aliphatic carbocycles. The van der Waals surface area contributed by atoms with Crippen LogP contribution >= 0.6 is 11.8 Å². The predicted molar refractivity (Wildman–Crippen MR) is 196 cm³/mol. The first-order valence-electron chi connectivity index (χ1n) is 16.5. The molecule has 3 rings (SSSR count). The predicted octanol–water partition coefficient (Wildman–Crippen LogP) is 8.02. The van der Waals surface area contributed by atoms with Crippen molar-refractivity contribution < 1.29 is 28.6 Å². The standard InChI is InChI=1S/C34H46N2O6S.C2H6.C2H4/c1-23-24(2)31-28(25(3)30(23)33(39)40-19-11-9-7-8-10-18-35)16-17-34(4,42-31)21-41-27-14-12-26(13-15-27)20-29(43-22-37)32(38)36(5)6;2*1-2/h12-15,20,22H,7-11,16-19,21,35H2,1-6H3;1-2H3;1-2H2/b29-20-;;. The SMILES string of the molecule is C=C.CC.Cc1c(C)c(C(=O)OCCCCCCCN)c(C)c2c1OC(C)(COc1ccc(/C=C(\SC=O)C(=O)N(C)C)cc1)CC2. The van der Waals surface area contributed by atoms with Gasteiger partial charge in [0.1, 0.15) is 23.7 Å². The van der Waals surface area contributed by atoms with Crippen LogP contribution in [-0.4, -0.2) is 61.8 Å². The van der Waals surface area contributed by atoms with E-state index in [-0.39, 0.29) is 11.9 Å². The Morgan fingerprint density at radius 2 is 1.62 bits per heavy atom. The van der Waals surface area contributed by atoms with E-state index in [1.54, 1.807) is 20.2 Å². The van der Waals surface area contributed by atoms with Gasteiger partial charge >= 0.3 is 5.97 Å². The van der Waals surface area contributed by atoms with Gasteiger partial charge in [0, 0.05) is 14.1 Å². The molecule has 1 unspecified atom stereocenters. The maximum atomic E-state index is 13.1. The van der Waals surface area contributed by atoms with Gasteiger partial charge in [0.2, 0.25) is 0 Å². The maximum absolute atomic E-state index is 13.1. The van der Waals surface area contributed by atoms with Crippen LogP contribution in [0.1, 0.15) is 97.5 Å². The molecule has 1 heterocycles. The van der Waals surface area contributed by atoms with E-state index < -0.39 is 5.60 Å². The number of nitrogens with zero attached hydrogens (tertiary/aromatic N) is 1. The Hall–Kier alpha value is -3.56. The molecule has 1 amide bonds. The van der Waals surface area contributed by atoms with Crippen molar-refractivity contribution in [2.75, 3.05) is 33.9 Å². The number of nitrogens with two attached hydrogens (primary N) is 1. The summed E-state index contributed by atoms with van der Waals surface area (Å²) in [5.74, 6) is 1.02. The van der Waals surface area contributed by atoms with Crippen LogP contribution in [0.15, 0.2) is 42.3 Å². The fourth-order valence-corrected chi connectivity index (χ4v) is 5.79. The van der Waals surface area contributed by atoms with Gasteiger partial charge in [-0.25, -0.2) is 4.79 Å². The van der Waals surface area contributed by atoms with Gasteiger partial charge in [0.25, 0.3) is 5.91 Å². The summed E-state index contributed by atoms with van der Waals surface area (Å²) in [6, 6.07) is 7.38. The molecule has 1 aliphatic heterocycles. The number of esters is 1. The first-order valence-corrected chi connectivity index (χ1v) is 17.3. The molecule has 0 radical (unpaired) electrons. The summed E-state index contributed by atoms with van der Waals surface area (Å²) in [7, 11) is 3.30. The molecule has 9 heteroatoms. The van der Waals surface area contributed by atoms with E-state index in [1.807, 2.05) is 65.8 Å². The number of carbonyl (C=O) groups excluding carboxylic acids is 3. The quantitative estimate of drug-likeness (QED) is 0.0669. The van der Waals surface area contributed by atoms with E-state index in [4.69, 9.17) is 19.9 Å². The van der Waals surface area contributed by atoms with E-state index in [0.29, 0.717) is 35.1 Å². The van der Waals surface area contributed by atoms with E-state index in [0.717, 1.165) is 96.8 Å². The summed E-state index contributed by atoms with van der Waals surface area (Å²) in [6.45, 7) is 19.5. The minimum absolute atomic E-state index is 0.227. The van der Waals surface area contributed by atoms with Gasteiger partial charge in [0.15, 0.2) is 5.62 Å². The zero-order valence-electron chi connectivity index (χ0n) is 29.8. The second-order valence-corrected chi connectivity index (χ2v) is 12.4. The number of unbranched alkanes of at least 4 members (excludes halogenated alkanes) is 4. The Bertz CT molecular complexity index is 1340. The smallest absolute Gasteiger partial charge is 0.338 e. The lowest BCUT2D eigenvalue weighted by Crippen LogP contribution is -2.42. The second kappa shape index (κ2) is 21.3. The summed E-state index contributed by atoms with van der Waals surface area (Å²) >= 11 is 0.860. The lowest BCUT2D eigenvalue weighted by Gasteiger charge is -2.38. The molecule has 0 aromatic heterocycles. The molecule has 8 nitrogen and oxygen atoms in total. The number of benzene rings is 2. The third kappa shape index (κ3) is 12.2. The Balaban J connectivity index is 0.00000265. The number of hydrogen-bond acceptors (Lipinski definition) is 8. The van der Waals surface area contributed by atoms with E-state index in [9.17, 15) is 14.4 Å². The third-order valence-electron chi connectivity index (χ3n) is 7.93. The molecule has 260 valence electrons. The van der Waals surface area contributed by atoms with Crippen LogP contribution < -0.4 is 15.2 Å². The number of fused-ring (bicyclic) bond motifs is 1. The van der Waals surface area contributed by atoms with E-state index in [1.165, 1.54) is 4.90 Å². The van der Waals surface area contributed by atoms with Crippen LogP contribution in [-0.2, 0) is 20.7 Å². The Morgan fingerprint density at radius 1 is 1.00 bits per heavy atom. The van der Waals surface area contributed by atoms with Crippen LogP contribution in [0.5, 0.6) is 11.5 Å². The zero-order valence-corrected chi connectivity index (χ0v) is 30.6. The lowest BCUT2D eigenvalue weighted by molar-refractivity contribution is -0.123. The van der Waals surface area contributed by atoms with Gasteiger partial charge in [-0.3, -0.25) is 9.59 Å². The van der Waals surface area contributed by atoms with Crippen LogP contribution in [0.3, 0.4) is 0 Å². The van der Waals surface area contributed by atoms with Crippen molar-refractivity contribution in [2.45, 2.75) is 92.1 Å². The van der Waals surface area contributed by atoms with E-state index in [2.05, 4.69) is 13.2 Å². The molecular weight excluding hydrogens is 612 g/mol. The van der Waals surface area contributed by atoms with Gasteiger partial charge in [-0.2, -0.15) is 0 Å². The third-order valence-corrected chi connectivity index (χ3v) is 8.57. The fourth-order valence-electron chi connectivity index (χ4n) is 5.20. The number of likely N-dealkylation sites (N-methyl/N-ethyl adjacent to an activating group) is 1. The number of amides is 1. The molecule has 0 bridgehead atoms. The largest absolute Gasteiger partial charge is 0.489 e. The van der Waals surface area contributed by atoms with Gasteiger partial charge < -0.3 is 24.8 Å². The molecule has 2 aromatic carbocycles. The first kappa shape index (κ1) is 41.5. The van der Waals surface area contributed by atoms with Gasteiger partial charge in [0.05, 0.1) is 17.1 Å². The highest BCUT2D eigenvalue weighted by Gasteiger charge is 2.36. The second-order valence-electron chi connectivity index (χ2n) is 11.6. The Labute approximate surface area is 287 Å². The summed E-state index contributed by atoms with van der Waals surface area (Å²) in [5.41, 5.74) is 10.9. The number of thioether (sulfide) groups is 1. The molecular formula is C38H56N2O6S. The summed E-state index contributed by atoms with van der Waals surface area (Å²) < 4.78 is 18.4. The molecule has 2 aromatic rings. The summed E-state index contributed by atoms with van der Waals surface area (Å²) in [5, 5.41) is 0. The molecule has 0 saturated carbocycles. The number of hydrogen-bond donors (Lipinski definition) is 1. The molecule has 0 fully saturated rings. The summed E-state index contributed by atoms with van der Waals surface area (Å²) in [6.07, 6.45) is 8.34. The normalized spacial score (nSPS) is 15.0. The van der Waals surface area contributed by atoms with Crippen molar-refractivity contribution in [1.82, 2.24) is 4.90 Å². The highest BCUT2D eigenvalue weighted by atomic mass is 32.2. The fraction of sp³-hybridized carbons (Fsp3) is 0.500. The minimum Gasteiger partial charge on any atom is -0.489 e. The van der Waals surface area contributed by atoms with Crippen LogP contribution in [0.4, 0.5) is 0 Å². The lowest BCUT2D eigenvalue weighted by atomic mass is 9.85. The van der Waals surface area contributed by atoms with Gasteiger partial charge in [-0.1, -0.05) is 45.2 Å². The highest BCUT2D eigenvalue weighted by molar-refractivity contribution is 8.16. The topological polar surface area (TPSA) is 108 Å². The monoisotopic (exact) mass is 668 g/mol. The molecule has 0 saturated heterocycles. The van der Waals surface area contributed by atoms with Crippen LogP contribution in [0.25, 0.3) is 6.08 Å². The van der Waals surface area contributed by atoms with Gasteiger partial charge in [-0.15, -0.1) is 13.2 Å². The van der Waals surface area contributed by atoms with Crippen molar-refractivity contribution in [3.8, 4) is 11.5 Å². The molecule has 47 heavy (non-hydrogen) atoms. The average molecular weight is 669 g/mol. The van der Waals surface area contributed by atoms with Crippen molar-refractivity contribution in [3.63, 3.8) is 0 Å². The van der Waals surface area contributed by atoms with E-state index >= 15 is 0 Å². The number of rotatable bonds is 15. The number of carbonyl (C=O) groups is 3. The van der Waals surface area contributed by atoms with Crippen molar-refractivity contribution in [3.05, 3.63) is 75.7 Å². The van der Waals surface area contributed by atoms with Crippen molar-refractivity contribution in [1.29, 1.82) is 0 Å². The Kier molecular flexibility index (Phi) is 18.8. The molecule has 1 aliphatic rings. The summed E-state index contributed by atoms with van der Waals surface area (Å²) in [4.78, 5) is 38.2. The van der Waals surface area contributed by atoms with Gasteiger partial charge in [-0.05, 0) is 118 Å². The minimum atomic E-state index is -0.549. The molecule has 2 N–H and O–H groups in total. The Morgan fingerprint density at radius 3 is 2.21 bits per heavy atom. The molecule has 0 spiro atoms.